The molecule has 2 aromatic rings. The van der Waals surface area contributed by atoms with Crippen molar-refractivity contribution in [3.05, 3.63) is 52.5 Å². The van der Waals surface area contributed by atoms with Crippen molar-refractivity contribution in [2.24, 2.45) is 0 Å². The molecule has 0 bridgehead atoms. The molecule has 1 aromatic heterocycles. The summed E-state index contributed by atoms with van der Waals surface area (Å²) in [5, 5.41) is 4.69. The summed E-state index contributed by atoms with van der Waals surface area (Å²) in [6.07, 6.45) is 0. The van der Waals surface area contributed by atoms with Crippen molar-refractivity contribution >= 4 is 17.2 Å². The number of hydrogen-bond acceptors (Lipinski definition) is 3. The minimum absolute atomic E-state index is 0.106. The lowest BCUT2D eigenvalue weighted by atomic mass is 10.3. The molecule has 0 saturated carbocycles. The predicted octanol–water partition coefficient (Wildman–Crippen LogP) is 3.08. The van der Waals surface area contributed by atoms with Crippen LogP contribution in [-0.4, -0.2) is 18.6 Å². The summed E-state index contributed by atoms with van der Waals surface area (Å²) in [6.45, 7) is 2.19. The van der Waals surface area contributed by atoms with Crippen LogP contribution in [0.4, 0.5) is 4.39 Å². The van der Waals surface area contributed by atoms with Gasteiger partial charge in [0.1, 0.15) is 18.2 Å². The summed E-state index contributed by atoms with van der Waals surface area (Å²) in [6, 6.07) is 9.27. The summed E-state index contributed by atoms with van der Waals surface area (Å²) in [5.74, 6) is 0.176. The van der Waals surface area contributed by atoms with Gasteiger partial charge in [-0.2, -0.15) is 0 Å². The lowest BCUT2D eigenvalue weighted by Gasteiger charge is -2.14. The van der Waals surface area contributed by atoms with E-state index in [1.165, 1.54) is 23.5 Å². The number of benzene rings is 1. The largest absolute Gasteiger partial charge is 0.491 e. The molecule has 100 valence electrons. The maximum Gasteiger partial charge on any atom is 0.261 e. The number of ether oxygens (including phenoxy) is 1. The Kier molecular flexibility index (Phi) is 4.52. The van der Waals surface area contributed by atoms with Crippen molar-refractivity contribution < 1.29 is 13.9 Å². The Balaban J connectivity index is 1.80. The van der Waals surface area contributed by atoms with Crippen LogP contribution in [0.15, 0.2) is 41.8 Å². The van der Waals surface area contributed by atoms with Crippen molar-refractivity contribution in [3.63, 3.8) is 0 Å². The molecule has 0 aliphatic rings. The number of halogens is 1. The van der Waals surface area contributed by atoms with E-state index in [9.17, 15) is 9.18 Å². The zero-order chi connectivity index (χ0) is 13.7. The lowest BCUT2D eigenvalue weighted by molar-refractivity contribution is 0.0931. The van der Waals surface area contributed by atoms with Gasteiger partial charge < -0.3 is 10.1 Å². The van der Waals surface area contributed by atoms with E-state index in [0.717, 1.165) is 0 Å². The fourth-order valence-electron chi connectivity index (χ4n) is 1.50. The van der Waals surface area contributed by atoms with E-state index in [4.69, 9.17) is 4.74 Å². The molecular weight excluding hydrogens is 265 g/mol. The van der Waals surface area contributed by atoms with Crippen molar-refractivity contribution in [1.29, 1.82) is 0 Å². The van der Waals surface area contributed by atoms with Gasteiger partial charge in [0.2, 0.25) is 0 Å². The highest BCUT2D eigenvalue weighted by Crippen LogP contribution is 2.12. The number of thiophene rings is 1. The van der Waals surface area contributed by atoms with Crippen LogP contribution in [0.25, 0.3) is 0 Å². The molecule has 2 rings (SSSR count). The fourth-order valence-corrected chi connectivity index (χ4v) is 2.12. The van der Waals surface area contributed by atoms with E-state index in [1.54, 1.807) is 18.2 Å². The smallest absolute Gasteiger partial charge is 0.261 e. The van der Waals surface area contributed by atoms with Crippen molar-refractivity contribution in [2.75, 3.05) is 6.61 Å². The van der Waals surface area contributed by atoms with Crippen LogP contribution in [0.3, 0.4) is 0 Å². The molecule has 1 atom stereocenters. The minimum Gasteiger partial charge on any atom is -0.491 e. The first-order valence-electron chi connectivity index (χ1n) is 5.88. The molecule has 1 amide bonds. The highest BCUT2D eigenvalue weighted by molar-refractivity contribution is 7.12. The zero-order valence-electron chi connectivity index (χ0n) is 10.4. The molecule has 0 spiro atoms. The third-order valence-corrected chi connectivity index (χ3v) is 3.30. The van der Waals surface area contributed by atoms with Gasteiger partial charge in [0.05, 0.1) is 10.9 Å². The van der Waals surface area contributed by atoms with Gasteiger partial charge in [-0.1, -0.05) is 6.07 Å². The maximum absolute atomic E-state index is 12.7. The second-order valence-corrected chi connectivity index (χ2v) is 5.06. The summed E-state index contributed by atoms with van der Waals surface area (Å²) >= 11 is 1.39. The SMILES string of the molecule is CC(COc1ccc(F)cc1)NC(=O)c1cccs1. The van der Waals surface area contributed by atoms with Gasteiger partial charge in [0, 0.05) is 0 Å². The highest BCUT2D eigenvalue weighted by Gasteiger charge is 2.10. The normalized spacial score (nSPS) is 11.9. The van der Waals surface area contributed by atoms with E-state index < -0.39 is 0 Å². The van der Waals surface area contributed by atoms with E-state index in [0.29, 0.717) is 17.2 Å². The first-order chi connectivity index (χ1) is 9.15. The fraction of sp³-hybridized carbons (Fsp3) is 0.214. The van der Waals surface area contributed by atoms with Crippen LogP contribution in [0, 0.1) is 5.82 Å². The molecule has 1 unspecified atom stereocenters. The van der Waals surface area contributed by atoms with Crippen LogP contribution in [0.2, 0.25) is 0 Å². The molecular formula is C14H14FNO2S. The summed E-state index contributed by atoms with van der Waals surface area (Å²) in [4.78, 5) is 12.4. The molecule has 0 aliphatic carbocycles. The van der Waals surface area contributed by atoms with Crippen LogP contribution in [0.1, 0.15) is 16.6 Å². The quantitative estimate of drug-likeness (QED) is 0.913. The number of amides is 1. The average molecular weight is 279 g/mol. The topological polar surface area (TPSA) is 38.3 Å². The van der Waals surface area contributed by atoms with E-state index >= 15 is 0 Å². The van der Waals surface area contributed by atoms with Gasteiger partial charge in [-0.15, -0.1) is 11.3 Å². The van der Waals surface area contributed by atoms with Crippen LogP contribution >= 0.6 is 11.3 Å². The molecule has 5 heteroatoms. The van der Waals surface area contributed by atoms with Crippen LogP contribution < -0.4 is 10.1 Å². The van der Waals surface area contributed by atoms with Gasteiger partial charge in [0.25, 0.3) is 5.91 Å². The number of rotatable bonds is 5. The van der Waals surface area contributed by atoms with E-state index in [1.807, 2.05) is 18.4 Å². The zero-order valence-corrected chi connectivity index (χ0v) is 11.2. The molecule has 1 heterocycles. The molecule has 19 heavy (non-hydrogen) atoms. The van der Waals surface area contributed by atoms with Crippen LogP contribution in [-0.2, 0) is 0 Å². The third kappa shape index (κ3) is 4.06. The Hall–Kier alpha value is -1.88. The number of hydrogen-bond donors (Lipinski definition) is 1. The first kappa shape index (κ1) is 13.5. The average Bonchev–Trinajstić information content (AvgIpc) is 2.92. The monoisotopic (exact) mass is 279 g/mol. The summed E-state index contributed by atoms with van der Waals surface area (Å²) in [7, 11) is 0. The highest BCUT2D eigenvalue weighted by atomic mass is 32.1. The summed E-state index contributed by atoms with van der Waals surface area (Å²) in [5.41, 5.74) is 0. The minimum atomic E-state index is -0.300. The second-order valence-electron chi connectivity index (χ2n) is 4.12. The maximum atomic E-state index is 12.7. The Morgan fingerprint density at radius 3 is 2.74 bits per heavy atom. The van der Waals surface area contributed by atoms with E-state index in [2.05, 4.69) is 5.32 Å². The Morgan fingerprint density at radius 2 is 2.11 bits per heavy atom. The lowest BCUT2D eigenvalue weighted by Crippen LogP contribution is -2.36. The van der Waals surface area contributed by atoms with Gasteiger partial charge in [-0.25, -0.2) is 4.39 Å². The Labute approximate surface area is 115 Å². The number of carbonyl (C=O) groups is 1. The molecule has 0 fully saturated rings. The molecule has 3 nitrogen and oxygen atoms in total. The molecule has 1 aromatic carbocycles. The molecule has 0 aliphatic heterocycles. The number of carbonyl (C=O) groups excluding carboxylic acids is 1. The molecule has 1 N–H and O–H groups in total. The third-order valence-electron chi connectivity index (χ3n) is 2.44. The van der Waals surface area contributed by atoms with Gasteiger partial charge in [-0.3, -0.25) is 4.79 Å². The van der Waals surface area contributed by atoms with Gasteiger partial charge in [0.15, 0.2) is 0 Å². The van der Waals surface area contributed by atoms with Crippen molar-refractivity contribution in [3.8, 4) is 5.75 Å². The van der Waals surface area contributed by atoms with Crippen molar-refractivity contribution in [2.45, 2.75) is 13.0 Å². The molecule has 0 saturated heterocycles. The summed E-state index contributed by atoms with van der Waals surface area (Å²) < 4.78 is 18.2. The number of nitrogens with one attached hydrogen (secondary N) is 1. The predicted molar refractivity (Wildman–Crippen MR) is 73.1 cm³/mol. The van der Waals surface area contributed by atoms with Gasteiger partial charge >= 0.3 is 0 Å². The van der Waals surface area contributed by atoms with E-state index in [-0.39, 0.29) is 17.8 Å². The van der Waals surface area contributed by atoms with Crippen molar-refractivity contribution in [1.82, 2.24) is 5.32 Å². The first-order valence-corrected chi connectivity index (χ1v) is 6.76. The Morgan fingerprint density at radius 1 is 1.37 bits per heavy atom. The second kappa shape index (κ2) is 6.33. The van der Waals surface area contributed by atoms with Crippen LogP contribution in [0.5, 0.6) is 5.75 Å². The standard InChI is InChI=1S/C14H14FNO2S/c1-10(16-14(17)13-3-2-8-19-13)9-18-12-6-4-11(15)5-7-12/h2-8,10H,9H2,1H3,(H,16,17). The van der Waals surface area contributed by atoms with Gasteiger partial charge in [-0.05, 0) is 42.6 Å². The Bertz CT molecular complexity index is 525. The molecule has 0 radical (unpaired) electrons.